The Labute approximate surface area is 148 Å². The van der Waals surface area contributed by atoms with E-state index in [1.807, 2.05) is 13.8 Å². The smallest absolute Gasteiger partial charge is 0.259 e. The highest BCUT2D eigenvalue weighted by Gasteiger charge is 2.17. The van der Waals surface area contributed by atoms with Gasteiger partial charge in [-0.1, -0.05) is 29.5 Å². The Morgan fingerprint density at radius 2 is 2.00 bits per heavy atom. The van der Waals surface area contributed by atoms with E-state index in [2.05, 4.69) is 15.5 Å². The first-order chi connectivity index (χ1) is 12.0. The van der Waals surface area contributed by atoms with Crippen LogP contribution < -0.4 is 10.9 Å². The molecule has 3 rings (SSSR count). The minimum atomic E-state index is -0.328. The fourth-order valence-corrected chi connectivity index (χ4v) is 3.23. The topological polar surface area (TPSA) is 86.1 Å². The average molecular weight is 358 g/mol. The molecule has 0 aliphatic carbocycles. The normalized spacial score (nSPS) is 11.2. The molecule has 2 aromatic heterocycles. The van der Waals surface area contributed by atoms with E-state index in [0.29, 0.717) is 33.1 Å². The number of nitrogens with one attached hydrogen (secondary N) is 1. The van der Waals surface area contributed by atoms with Crippen molar-refractivity contribution in [1.29, 1.82) is 0 Å². The van der Waals surface area contributed by atoms with Crippen molar-refractivity contribution in [2.75, 3.05) is 12.4 Å². The van der Waals surface area contributed by atoms with E-state index in [0.717, 1.165) is 0 Å². The van der Waals surface area contributed by atoms with Crippen LogP contribution in [0.3, 0.4) is 0 Å². The lowest BCUT2D eigenvalue weighted by Crippen LogP contribution is -2.25. The fourth-order valence-electron chi connectivity index (χ4n) is 2.53. The molecule has 0 spiro atoms. The lowest BCUT2D eigenvalue weighted by Gasteiger charge is -2.14. The van der Waals surface area contributed by atoms with Crippen molar-refractivity contribution in [1.82, 2.24) is 14.8 Å². The van der Waals surface area contributed by atoms with Gasteiger partial charge in [-0.3, -0.25) is 14.9 Å². The third-order valence-corrected chi connectivity index (χ3v) is 4.52. The minimum Gasteiger partial charge on any atom is -0.377 e. The van der Waals surface area contributed by atoms with Crippen LogP contribution in [0.15, 0.2) is 35.3 Å². The number of fused-ring (bicyclic) bond motifs is 1. The molecule has 1 N–H and O–H groups in total. The van der Waals surface area contributed by atoms with E-state index in [-0.39, 0.29) is 17.5 Å². The largest absolute Gasteiger partial charge is 0.377 e. The van der Waals surface area contributed by atoms with Crippen LogP contribution in [0, 0.1) is 0 Å². The van der Waals surface area contributed by atoms with E-state index in [1.165, 1.54) is 11.3 Å². The molecule has 130 valence electrons. The van der Waals surface area contributed by atoms with Crippen molar-refractivity contribution in [3.8, 4) is 0 Å². The molecule has 0 atom stereocenters. The molecule has 0 saturated carbocycles. The standard InChI is InChI=1S/C17H18N4O3S/c1-10(2)21-8-13(11-6-4-5-7-12(11)16(21)23)15(22)18-17-20-19-14(25-17)9-24-3/h4-8,10H,9H2,1-3H3,(H,18,20,22). The number of ether oxygens (including phenoxy) is 1. The number of nitrogens with zero attached hydrogens (tertiary/aromatic N) is 3. The van der Waals surface area contributed by atoms with Crippen molar-refractivity contribution in [2.24, 2.45) is 0 Å². The first kappa shape index (κ1) is 17.2. The number of aromatic nitrogens is 3. The summed E-state index contributed by atoms with van der Waals surface area (Å²) in [5.41, 5.74) is 0.313. The zero-order valence-electron chi connectivity index (χ0n) is 14.1. The number of methoxy groups -OCH3 is 1. The molecule has 1 aromatic carbocycles. The third-order valence-electron chi connectivity index (χ3n) is 3.71. The van der Waals surface area contributed by atoms with Crippen LogP contribution in [0.25, 0.3) is 10.8 Å². The summed E-state index contributed by atoms with van der Waals surface area (Å²) in [5.74, 6) is -0.328. The van der Waals surface area contributed by atoms with Crippen molar-refractivity contribution in [2.45, 2.75) is 26.5 Å². The Morgan fingerprint density at radius 3 is 2.68 bits per heavy atom. The van der Waals surface area contributed by atoms with Gasteiger partial charge in [-0.05, 0) is 19.9 Å². The zero-order valence-corrected chi connectivity index (χ0v) is 15.0. The molecule has 0 radical (unpaired) electrons. The van der Waals surface area contributed by atoms with Gasteiger partial charge in [0.05, 0.1) is 5.56 Å². The van der Waals surface area contributed by atoms with E-state index in [4.69, 9.17) is 4.74 Å². The lowest BCUT2D eigenvalue weighted by molar-refractivity contribution is 0.102. The molecule has 0 unspecified atom stereocenters. The zero-order chi connectivity index (χ0) is 18.0. The van der Waals surface area contributed by atoms with E-state index in [1.54, 1.807) is 42.1 Å². The first-order valence-corrected chi connectivity index (χ1v) is 8.59. The van der Waals surface area contributed by atoms with Crippen molar-refractivity contribution >= 4 is 33.1 Å². The van der Waals surface area contributed by atoms with E-state index < -0.39 is 0 Å². The molecule has 0 bridgehead atoms. The van der Waals surface area contributed by atoms with Crippen LogP contribution in [0.4, 0.5) is 5.13 Å². The molecule has 0 fully saturated rings. The number of benzene rings is 1. The maximum absolute atomic E-state index is 12.8. The number of amides is 1. The van der Waals surface area contributed by atoms with Gasteiger partial charge in [0.1, 0.15) is 11.6 Å². The van der Waals surface area contributed by atoms with Crippen molar-refractivity contribution in [3.63, 3.8) is 0 Å². The molecular formula is C17H18N4O3S. The molecule has 3 aromatic rings. The SMILES string of the molecule is COCc1nnc(NC(=O)c2cn(C(C)C)c(=O)c3ccccc23)s1. The minimum absolute atomic E-state index is 0.0570. The number of pyridine rings is 1. The second-order valence-corrected chi connectivity index (χ2v) is 6.84. The van der Waals surface area contributed by atoms with Crippen LogP contribution in [0.2, 0.25) is 0 Å². The summed E-state index contributed by atoms with van der Waals surface area (Å²) in [6.45, 7) is 4.15. The highest BCUT2D eigenvalue weighted by Crippen LogP contribution is 2.21. The quantitative estimate of drug-likeness (QED) is 0.758. The fraction of sp³-hybridized carbons (Fsp3) is 0.294. The maximum Gasteiger partial charge on any atom is 0.259 e. The number of anilines is 1. The summed E-state index contributed by atoms with van der Waals surface area (Å²) in [5, 5.41) is 12.8. The molecule has 25 heavy (non-hydrogen) atoms. The van der Waals surface area contributed by atoms with Gasteiger partial charge in [0, 0.05) is 30.1 Å². The summed E-state index contributed by atoms with van der Waals surface area (Å²) in [4.78, 5) is 25.3. The number of carbonyl (C=O) groups is 1. The van der Waals surface area contributed by atoms with Crippen LogP contribution in [0.1, 0.15) is 35.3 Å². The van der Waals surface area contributed by atoms with Crippen LogP contribution in [-0.2, 0) is 11.3 Å². The van der Waals surface area contributed by atoms with Gasteiger partial charge in [0.15, 0.2) is 0 Å². The number of carbonyl (C=O) groups excluding carboxylic acids is 1. The third kappa shape index (κ3) is 3.45. The number of hydrogen-bond acceptors (Lipinski definition) is 6. The first-order valence-electron chi connectivity index (χ1n) is 7.77. The van der Waals surface area contributed by atoms with Gasteiger partial charge < -0.3 is 9.30 Å². The monoisotopic (exact) mass is 358 g/mol. The molecule has 2 heterocycles. The van der Waals surface area contributed by atoms with Crippen LogP contribution in [-0.4, -0.2) is 27.8 Å². The predicted octanol–water partition coefficient (Wildman–Crippen LogP) is 2.83. The van der Waals surface area contributed by atoms with Gasteiger partial charge >= 0.3 is 0 Å². The molecule has 0 aliphatic heterocycles. The second-order valence-electron chi connectivity index (χ2n) is 5.78. The number of rotatable bonds is 5. The Balaban J connectivity index is 2.03. The van der Waals surface area contributed by atoms with E-state index in [9.17, 15) is 9.59 Å². The summed E-state index contributed by atoms with van der Waals surface area (Å²) in [6.07, 6.45) is 1.60. The second kappa shape index (κ2) is 7.12. The van der Waals surface area contributed by atoms with Crippen LogP contribution in [0.5, 0.6) is 0 Å². The lowest BCUT2D eigenvalue weighted by atomic mass is 10.1. The molecule has 0 aliphatic rings. The molecular weight excluding hydrogens is 340 g/mol. The summed E-state index contributed by atoms with van der Waals surface area (Å²) < 4.78 is 6.56. The van der Waals surface area contributed by atoms with Crippen molar-refractivity contribution in [3.05, 3.63) is 51.4 Å². The average Bonchev–Trinajstić information content (AvgIpc) is 3.02. The van der Waals surface area contributed by atoms with Gasteiger partial charge in [-0.25, -0.2) is 0 Å². The molecule has 7 nitrogen and oxygen atoms in total. The van der Waals surface area contributed by atoms with Gasteiger partial charge in [0.2, 0.25) is 5.13 Å². The predicted molar refractivity (Wildman–Crippen MR) is 97.2 cm³/mol. The van der Waals surface area contributed by atoms with Gasteiger partial charge in [0.25, 0.3) is 11.5 Å². The highest BCUT2D eigenvalue weighted by molar-refractivity contribution is 7.15. The maximum atomic E-state index is 12.8. The van der Waals surface area contributed by atoms with Gasteiger partial charge in [-0.15, -0.1) is 10.2 Å². The Morgan fingerprint density at radius 1 is 1.28 bits per heavy atom. The van der Waals surface area contributed by atoms with E-state index >= 15 is 0 Å². The molecule has 8 heteroatoms. The van der Waals surface area contributed by atoms with Crippen molar-refractivity contribution < 1.29 is 9.53 Å². The van der Waals surface area contributed by atoms with Crippen LogP contribution >= 0.6 is 11.3 Å². The molecule has 1 amide bonds. The number of hydrogen-bond donors (Lipinski definition) is 1. The summed E-state index contributed by atoms with van der Waals surface area (Å²) in [6, 6.07) is 7.04. The summed E-state index contributed by atoms with van der Waals surface area (Å²) >= 11 is 1.25. The molecule has 0 saturated heterocycles. The highest BCUT2D eigenvalue weighted by atomic mass is 32.1. The Bertz CT molecular complexity index is 977. The Kier molecular flexibility index (Phi) is 4.91. The summed E-state index contributed by atoms with van der Waals surface area (Å²) in [7, 11) is 1.57. The van der Waals surface area contributed by atoms with Gasteiger partial charge in [-0.2, -0.15) is 0 Å². The Hall–Kier alpha value is -2.58.